The summed E-state index contributed by atoms with van der Waals surface area (Å²) in [4.78, 5) is 43.0. The number of halogens is 2. The summed E-state index contributed by atoms with van der Waals surface area (Å²) < 4.78 is 28.0. The van der Waals surface area contributed by atoms with Gasteiger partial charge in [0, 0.05) is 45.2 Å². The van der Waals surface area contributed by atoms with E-state index in [1.165, 1.54) is 11.8 Å². The Hall–Kier alpha value is -2.97. The average molecular weight is 441 g/mol. The summed E-state index contributed by atoms with van der Waals surface area (Å²) in [7, 11) is 0. The van der Waals surface area contributed by atoms with E-state index in [0.717, 1.165) is 0 Å². The van der Waals surface area contributed by atoms with Crippen molar-refractivity contribution in [1.82, 2.24) is 15.5 Å². The molecule has 1 aliphatic carbocycles. The summed E-state index contributed by atoms with van der Waals surface area (Å²) in [6, 6.07) is -0.209. The maximum absolute atomic E-state index is 14.0. The normalized spacial score (nSPS) is 22.0. The molecule has 0 aromatic heterocycles. The van der Waals surface area contributed by atoms with Crippen molar-refractivity contribution in [3.8, 4) is 6.07 Å². The van der Waals surface area contributed by atoms with Crippen LogP contribution >= 0.6 is 0 Å². The molecular weight excluding hydrogens is 416 g/mol. The molecule has 3 aliphatic rings. The van der Waals surface area contributed by atoms with Crippen molar-refractivity contribution in [2.75, 3.05) is 13.1 Å². The number of hydrogen-bond acceptors (Lipinski definition) is 6. The van der Waals surface area contributed by atoms with Crippen LogP contribution in [0.4, 0.5) is 13.6 Å². The lowest BCUT2D eigenvalue weighted by Crippen LogP contribution is -2.57. The van der Waals surface area contributed by atoms with Crippen LogP contribution in [0.3, 0.4) is 0 Å². The second kappa shape index (κ2) is 8.28. The first-order valence-electron chi connectivity index (χ1n) is 10.2. The molecule has 2 aliphatic heterocycles. The van der Waals surface area contributed by atoms with Crippen LogP contribution < -0.4 is 10.6 Å². The zero-order valence-electron chi connectivity index (χ0n) is 17.1. The van der Waals surface area contributed by atoms with Gasteiger partial charge in [-0.25, -0.2) is 18.4 Å². The van der Waals surface area contributed by atoms with Crippen LogP contribution in [0.2, 0.25) is 0 Å². The Kier molecular flexibility index (Phi) is 6.07. The summed E-state index contributed by atoms with van der Waals surface area (Å²) in [6.45, 7) is 1.66. The molecule has 2 heterocycles. The highest BCUT2D eigenvalue weighted by molar-refractivity contribution is 6.36. The number of carbonyl (C=O) groups is 3. The van der Waals surface area contributed by atoms with Gasteiger partial charge in [0.05, 0.1) is 6.07 Å². The number of nitriles is 1. The molecule has 1 spiro atoms. The molecule has 3 amide bonds. The monoisotopic (exact) mass is 441 g/mol. The van der Waals surface area contributed by atoms with E-state index >= 15 is 0 Å². The number of carboxylic acids is 1. The fourth-order valence-electron chi connectivity index (χ4n) is 3.63. The second-order valence-electron chi connectivity index (χ2n) is 8.38. The molecule has 1 atom stereocenters. The number of alkyl halides is 2. The Morgan fingerprint density at radius 1 is 1.32 bits per heavy atom. The van der Waals surface area contributed by atoms with E-state index in [4.69, 9.17) is 15.2 Å². The number of hydrogen-bond donors (Lipinski definition) is 3. The molecule has 0 radical (unpaired) electrons. The molecule has 10 nitrogen and oxygen atoms in total. The van der Waals surface area contributed by atoms with Crippen LogP contribution in [-0.4, -0.2) is 69.8 Å². The molecule has 170 valence electrons. The summed E-state index contributed by atoms with van der Waals surface area (Å²) in [5.41, 5.74) is -1.91. The van der Waals surface area contributed by atoms with E-state index in [1.54, 1.807) is 0 Å². The highest BCUT2D eigenvalue weighted by Gasteiger charge is 2.48. The van der Waals surface area contributed by atoms with E-state index < -0.39 is 53.9 Å². The van der Waals surface area contributed by atoms with Crippen LogP contribution in [-0.2, 0) is 14.4 Å². The van der Waals surface area contributed by atoms with Gasteiger partial charge in [-0.2, -0.15) is 5.26 Å². The third-order valence-electron chi connectivity index (χ3n) is 6.01. The van der Waals surface area contributed by atoms with Crippen molar-refractivity contribution in [1.29, 1.82) is 5.26 Å². The quantitative estimate of drug-likeness (QED) is 0.544. The molecule has 2 fully saturated rings. The van der Waals surface area contributed by atoms with Gasteiger partial charge in [-0.3, -0.25) is 4.79 Å². The van der Waals surface area contributed by atoms with Crippen molar-refractivity contribution in [3.63, 3.8) is 0 Å². The Balaban J connectivity index is 1.59. The first-order chi connectivity index (χ1) is 14.5. The second-order valence-corrected chi connectivity index (χ2v) is 8.38. The van der Waals surface area contributed by atoms with Gasteiger partial charge in [-0.1, -0.05) is 12.1 Å². The van der Waals surface area contributed by atoms with Crippen molar-refractivity contribution >= 4 is 23.6 Å². The number of piperidine rings is 1. The fraction of sp³-hybridized carbons (Fsp3) is 0.737. The van der Waals surface area contributed by atoms with Crippen molar-refractivity contribution in [2.45, 2.75) is 75.0 Å². The number of carbonyl (C=O) groups excluding carboxylic acids is 2. The molecule has 1 unspecified atom stereocenters. The molecule has 12 heteroatoms. The van der Waals surface area contributed by atoms with E-state index in [0.29, 0.717) is 25.7 Å². The van der Waals surface area contributed by atoms with E-state index in [2.05, 4.69) is 15.8 Å². The summed E-state index contributed by atoms with van der Waals surface area (Å²) in [5.74, 6) is -5.13. The van der Waals surface area contributed by atoms with Gasteiger partial charge in [0.1, 0.15) is 17.2 Å². The van der Waals surface area contributed by atoms with Crippen molar-refractivity contribution < 1.29 is 33.1 Å². The molecule has 0 aromatic rings. The first kappa shape index (κ1) is 22.7. The fourth-order valence-corrected chi connectivity index (χ4v) is 3.63. The van der Waals surface area contributed by atoms with Gasteiger partial charge in [0.15, 0.2) is 5.71 Å². The number of amides is 3. The Morgan fingerprint density at radius 3 is 2.45 bits per heavy atom. The molecule has 1 saturated heterocycles. The molecular formula is C19H25F2N5O5. The molecule has 0 aromatic carbocycles. The van der Waals surface area contributed by atoms with Gasteiger partial charge in [-0.15, -0.1) is 0 Å². The molecule has 31 heavy (non-hydrogen) atoms. The van der Waals surface area contributed by atoms with Crippen LogP contribution in [0.5, 0.6) is 0 Å². The maximum Gasteiger partial charge on any atom is 0.353 e. The van der Waals surface area contributed by atoms with Crippen LogP contribution in [0.25, 0.3) is 0 Å². The predicted octanol–water partition coefficient (Wildman–Crippen LogP) is 1.37. The number of carboxylic acid groups (broad SMARTS) is 1. The van der Waals surface area contributed by atoms with E-state index in [9.17, 15) is 23.2 Å². The molecule has 3 rings (SSSR count). The highest BCUT2D eigenvalue weighted by atomic mass is 19.3. The first-order valence-corrected chi connectivity index (χ1v) is 10.2. The van der Waals surface area contributed by atoms with Crippen LogP contribution in [0.15, 0.2) is 5.16 Å². The minimum absolute atomic E-state index is 0.0806. The van der Waals surface area contributed by atoms with Crippen LogP contribution in [0.1, 0.15) is 51.9 Å². The third kappa shape index (κ3) is 5.21. The average Bonchev–Trinajstić information content (AvgIpc) is 3.38. The Morgan fingerprint density at radius 2 is 1.97 bits per heavy atom. The largest absolute Gasteiger partial charge is 0.477 e. The van der Waals surface area contributed by atoms with Gasteiger partial charge < -0.3 is 25.5 Å². The lowest BCUT2D eigenvalue weighted by Gasteiger charge is -2.37. The lowest BCUT2D eigenvalue weighted by molar-refractivity contribution is -0.129. The minimum Gasteiger partial charge on any atom is -0.477 e. The Bertz CT molecular complexity index is 828. The van der Waals surface area contributed by atoms with Crippen molar-refractivity contribution in [3.05, 3.63) is 0 Å². The molecule has 0 bridgehead atoms. The topological polar surface area (TPSA) is 144 Å². The zero-order valence-corrected chi connectivity index (χ0v) is 17.1. The zero-order chi connectivity index (χ0) is 22.9. The predicted molar refractivity (Wildman–Crippen MR) is 102 cm³/mol. The van der Waals surface area contributed by atoms with Gasteiger partial charge >= 0.3 is 12.0 Å². The lowest BCUT2D eigenvalue weighted by atomic mass is 9.87. The number of urea groups is 1. The summed E-state index contributed by atoms with van der Waals surface area (Å²) in [6.07, 6.45) is 0.274. The number of nitrogens with zero attached hydrogens (tertiary/aromatic N) is 3. The molecule has 3 N–H and O–H groups in total. The molecule has 1 saturated carbocycles. The Labute approximate surface area is 177 Å². The highest BCUT2D eigenvalue weighted by Crippen LogP contribution is 2.36. The number of aliphatic carboxylic acids is 1. The van der Waals surface area contributed by atoms with Crippen molar-refractivity contribution in [2.24, 2.45) is 5.16 Å². The third-order valence-corrected chi connectivity index (χ3v) is 6.01. The van der Waals surface area contributed by atoms with E-state index in [-0.39, 0.29) is 25.2 Å². The van der Waals surface area contributed by atoms with E-state index in [1.807, 2.05) is 6.07 Å². The van der Waals surface area contributed by atoms with Gasteiger partial charge in [0.2, 0.25) is 11.8 Å². The number of rotatable bonds is 7. The smallest absolute Gasteiger partial charge is 0.353 e. The SMILES string of the molecule is CCC(F)(F)CC(NC(=O)N1CCC2(CC1)CC(C(=O)O)=NO2)C(=O)NC1(C#N)CC1. The minimum atomic E-state index is -3.16. The van der Waals surface area contributed by atoms with Gasteiger partial charge in [-0.05, 0) is 12.8 Å². The van der Waals surface area contributed by atoms with Gasteiger partial charge in [0.25, 0.3) is 0 Å². The number of likely N-dealkylation sites (tertiary alicyclic amines) is 1. The number of oxime groups is 1. The summed E-state index contributed by atoms with van der Waals surface area (Å²) in [5, 5.41) is 26.6. The maximum atomic E-state index is 14.0. The summed E-state index contributed by atoms with van der Waals surface area (Å²) >= 11 is 0. The standard InChI is InChI=1S/C19H25F2N5O5/c1-2-19(20,21)10-12(14(27)24-17(11-22)3-4-17)23-16(30)26-7-5-18(6-8-26)9-13(15(28)29)25-31-18/h12H,2-10H2,1H3,(H,23,30)(H,24,27)(H,28,29). The number of nitrogens with one attached hydrogen (secondary N) is 2. The van der Waals surface area contributed by atoms with Crippen LogP contribution in [0, 0.1) is 11.3 Å².